The van der Waals surface area contributed by atoms with Crippen LogP contribution >= 0.6 is 0 Å². The van der Waals surface area contributed by atoms with E-state index in [1.54, 1.807) is 19.5 Å². The van der Waals surface area contributed by atoms with Gasteiger partial charge in [0.1, 0.15) is 5.69 Å². The first kappa shape index (κ1) is 9.88. The van der Waals surface area contributed by atoms with Crippen LogP contribution in [0.15, 0.2) is 12.4 Å². The van der Waals surface area contributed by atoms with Gasteiger partial charge in [-0.3, -0.25) is 4.98 Å². The van der Waals surface area contributed by atoms with Crippen LogP contribution in [0.25, 0.3) is 0 Å². The predicted octanol–water partition coefficient (Wildman–Crippen LogP) is 0.131. The van der Waals surface area contributed by atoms with Gasteiger partial charge in [0.15, 0.2) is 0 Å². The number of hydrogen-bond acceptors (Lipinski definition) is 5. The second kappa shape index (κ2) is 4.74. The van der Waals surface area contributed by atoms with Crippen LogP contribution in [-0.4, -0.2) is 30.8 Å². The van der Waals surface area contributed by atoms with Crippen molar-refractivity contribution < 1.29 is 9.47 Å². The summed E-state index contributed by atoms with van der Waals surface area (Å²) >= 11 is 0. The Kier molecular flexibility index (Phi) is 3.60. The number of aromatic nitrogens is 2. The monoisotopic (exact) mass is 183 g/mol. The van der Waals surface area contributed by atoms with E-state index in [9.17, 15) is 0 Å². The molecule has 0 bridgehead atoms. The minimum absolute atomic E-state index is 0.298. The lowest BCUT2D eigenvalue weighted by Gasteiger charge is -2.11. The van der Waals surface area contributed by atoms with Crippen molar-refractivity contribution in [2.24, 2.45) is 5.73 Å². The molecule has 0 amide bonds. The summed E-state index contributed by atoms with van der Waals surface area (Å²) in [6.07, 6.45) is 3.13. The molecule has 72 valence electrons. The van der Waals surface area contributed by atoms with Crippen molar-refractivity contribution in [2.45, 2.75) is 6.04 Å². The Morgan fingerprint density at radius 3 is 2.69 bits per heavy atom. The summed E-state index contributed by atoms with van der Waals surface area (Å²) in [5.74, 6) is 0.451. The molecule has 0 aliphatic rings. The van der Waals surface area contributed by atoms with Crippen LogP contribution in [0.5, 0.6) is 5.88 Å². The van der Waals surface area contributed by atoms with Crippen LogP contribution in [0.4, 0.5) is 0 Å². The summed E-state index contributed by atoms with van der Waals surface area (Å²) in [6, 6.07) is -0.298. The Morgan fingerprint density at radius 2 is 2.08 bits per heavy atom. The quantitative estimate of drug-likeness (QED) is 0.718. The topological polar surface area (TPSA) is 70.3 Å². The Hall–Kier alpha value is -1.20. The summed E-state index contributed by atoms with van der Waals surface area (Å²) in [5, 5.41) is 0. The summed E-state index contributed by atoms with van der Waals surface area (Å²) in [6.45, 7) is 0.398. The average molecular weight is 183 g/mol. The molecule has 0 aliphatic carbocycles. The molecule has 5 nitrogen and oxygen atoms in total. The zero-order chi connectivity index (χ0) is 9.68. The van der Waals surface area contributed by atoms with Crippen LogP contribution in [0.2, 0.25) is 0 Å². The summed E-state index contributed by atoms with van der Waals surface area (Å²) in [5.41, 5.74) is 6.39. The van der Waals surface area contributed by atoms with Crippen molar-refractivity contribution >= 4 is 0 Å². The minimum Gasteiger partial charge on any atom is -0.480 e. The van der Waals surface area contributed by atoms with E-state index in [0.29, 0.717) is 18.2 Å². The fourth-order valence-electron chi connectivity index (χ4n) is 1.01. The van der Waals surface area contributed by atoms with Crippen molar-refractivity contribution in [2.75, 3.05) is 20.8 Å². The van der Waals surface area contributed by atoms with Crippen LogP contribution in [0.3, 0.4) is 0 Å². The molecule has 1 atom stereocenters. The highest BCUT2D eigenvalue weighted by Crippen LogP contribution is 2.17. The lowest BCUT2D eigenvalue weighted by molar-refractivity contribution is 0.178. The van der Waals surface area contributed by atoms with E-state index in [-0.39, 0.29) is 6.04 Å². The predicted molar refractivity (Wildman–Crippen MR) is 47.4 cm³/mol. The van der Waals surface area contributed by atoms with Gasteiger partial charge in [-0.05, 0) is 0 Å². The third-order valence-electron chi connectivity index (χ3n) is 1.58. The van der Waals surface area contributed by atoms with E-state index in [4.69, 9.17) is 15.2 Å². The van der Waals surface area contributed by atoms with Gasteiger partial charge in [0, 0.05) is 19.5 Å². The molecule has 1 aromatic heterocycles. The fourth-order valence-corrected chi connectivity index (χ4v) is 1.01. The molecule has 0 saturated carbocycles. The van der Waals surface area contributed by atoms with E-state index in [2.05, 4.69) is 9.97 Å². The number of nitrogens with zero attached hydrogens (tertiary/aromatic N) is 2. The highest BCUT2D eigenvalue weighted by molar-refractivity contribution is 5.20. The highest BCUT2D eigenvalue weighted by atomic mass is 16.5. The summed E-state index contributed by atoms with van der Waals surface area (Å²) < 4.78 is 9.91. The molecule has 1 aromatic rings. The van der Waals surface area contributed by atoms with Crippen molar-refractivity contribution in [1.29, 1.82) is 0 Å². The molecule has 1 heterocycles. The number of hydrogen-bond donors (Lipinski definition) is 1. The molecule has 1 unspecified atom stereocenters. The van der Waals surface area contributed by atoms with Crippen LogP contribution in [-0.2, 0) is 4.74 Å². The third-order valence-corrected chi connectivity index (χ3v) is 1.58. The Labute approximate surface area is 76.9 Å². The largest absolute Gasteiger partial charge is 0.480 e. The first-order valence-corrected chi connectivity index (χ1v) is 3.89. The van der Waals surface area contributed by atoms with Crippen molar-refractivity contribution in [3.8, 4) is 5.88 Å². The van der Waals surface area contributed by atoms with Crippen molar-refractivity contribution in [1.82, 2.24) is 9.97 Å². The normalized spacial score (nSPS) is 12.5. The Balaban J connectivity index is 2.85. The first-order valence-electron chi connectivity index (χ1n) is 3.89. The Bertz CT molecular complexity index is 267. The van der Waals surface area contributed by atoms with Gasteiger partial charge in [0.2, 0.25) is 5.88 Å². The molecule has 0 saturated heterocycles. The number of nitrogens with two attached hydrogens (primary N) is 1. The molecular weight excluding hydrogens is 170 g/mol. The molecule has 0 fully saturated rings. The van der Waals surface area contributed by atoms with E-state index < -0.39 is 0 Å². The molecule has 5 heteroatoms. The van der Waals surface area contributed by atoms with E-state index in [0.717, 1.165) is 0 Å². The lowest BCUT2D eigenvalue weighted by Crippen LogP contribution is -2.18. The standard InChI is InChI=1S/C8H13N3O2/c1-12-5-6(9)7-8(13-2)11-4-3-10-7/h3-4,6H,5,9H2,1-2H3. The van der Waals surface area contributed by atoms with Gasteiger partial charge in [-0.25, -0.2) is 4.98 Å². The smallest absolute Gasteiger partial charge is 0.237 e. The van der Waals surface area contributed by atoms with Gasteiger partial charge in [0.25, 0.3) is 0 Å². The molecule has 0 aliphatic heterocycles. The third kappa shape index (κ3) is 2.37. The van der Waals surface area contributed by atoms with E-state index >= 15 is 0 Å². The average Bonchev–Trinajstić information content (AvgIpc) is 2.18. The van der Waals surface area contributed by atoms with Gasteiger partial charge in [0.05, 0.1) is 19.8 Å². The zero-order valence-electron chi connectivity index (χ0n) is 7.73. The SMILES string of the molecule is COCC(N)c1nccnc1OC. The van der Waals surface area contributed by atoms with Gasteiger partial charge >= 0.3 is 0 Å². The van der Waals surface area contributed by atoms with Crippen LogP contribution in [0, 0.1) is 0 Å². The van der Waals surface area contributed by atoms with Gasteiger partial charge < -0.3 is 15.2 Å². The molecule has 2 N–H and O–H groups in total. The molecule has 13 heavy (non-hydrogen) atoms. The molecular formula is C8H13N3O2. The molecule has 1 rings (SSSR count). The number of ether oxygens (including phenoxy) is 2. The van der Waals surface area contributed by atoms with E-state index in [1.165, 1.54) is 7.11 Å². The fraction of sp³-hybridized carbons (Fsp3) is 0.500. The Morgan fingerprint density at radius 1 is 1.38 bits per heavy atom. The van der Waals surface area contributed by atoms with Gasteiger partial charge in [-0.15, -0.1) is 0 Å². The maximum Gasteiger partial charge on any atom is 0.237 e. The summed E-state index contributed by atoms with van der Waals surface area (Å²) in [4.78, 5) is 8.06. The van der Waals surface area contributed by atoms with E-state index in [1.807, 2.05) is 0 Å². The second-order valence-corrected chi connectivity index (χ2v) is 2.51. The lowest BCUT2D eigenvalue weighted by atomic mass is 10.2. The molecule has 0 radical (unpaired) electrons. The second-order valence-electron chi connectivity index (χ2n) is 2.51. The minimum atomic E-state index is -0.298. The molecule has 0 spiro atoms. The maximum atomic E-state index is 5.77. The first-order chi connectivity index (χ1) is 6.29. The zero-order valence-corrected chi connectivity index (χ0v) is 7.73. The van der Waals surface area contributed by atoms with Gasteiger partial charge in [-0.2, -0.15) is 0 Å². The maximum absolute atomic E-state index is 5.77. The van der Waals surface area contributed by atoms with Crippen molar-refractivity contribution in [3.63, 3.8) is 0 Å². The van der Waals surface area contributed by atoms with Gasteiger partial charge in [-0.1, -0.05) is 0 Å². The number of methoxy groups -OCH3 is 2. The highest BCUT2D eigenvalue weighted by Gasteiger charge is 2.13. The molecule has 0 aromatic carbocycles. The summed E-state index contributed by atoms with van der Waals surface area (Å²) in [7, 11) is 3.12. The van der Waals surface area contributed by atoms with Crippen LogP contribution in [0.1, 0.15) is 11.7 Å². The van der Waals surface area contributed by atoms with Crippen molar-refractivity contribution in [3.05, 3.63) is 18.1 Å². The van der Waals surface area contributed by atoms with Crippen LogP contribution < -0.4 is 10.5 Å². The number of rotatable bonds is 4.